The fourth-order valence-electron chi connectivity index (χ4n) is 1.41. The zero-order valence-corrected chi connectivity index (χ0v) is 11.2. The highest BCUT2D eigenvalue weighted by Gasteiger charge is 2.26. The number of alkyl halides is 3. The Morgan fingerprint density at radius 1 is 1.19 bits per heavy atom. The number of carboxylic acids is 1. The molecule has 122 valence electrons. The Balaban J connectivity index is 3.93. The van der Waals surface area contributed by atoms with Crippen LogP contribution < -0.4 is 16.4 Å². The van der Waals surface area contributed by atoms with E-state index in [1.54, 1.807) is 0 Å². The molecule has 5 N–H and O–H groups in total. The molecule has 0 fully saturated rings. The number of aliphatic carboxylic acids is 1. The molecule has 0 aromatic heterocycles. The van der Waals surface area contributed by atoms with Crippen LogP contribution in [-0.4, -0.2) is 41.8 Å². The monoisotopic (exact) mass is 313 g/mol. The molecule has 0 aliphatic carbocycles. The minimum atomic E-state index is -4.23. The molecule has 1 atom stereocenters. The summed E-state index contributed by atoms with van der Waals surface area (Å²) in [4.78, 5) is 32.7. The first-order chi connectivity index (χ1) is 9.61. The van der Waals surface area contributed by atoms with E-state index >= 15 is 0 Å². The Morgan fingerprint density at radius 3 is 2.29 bits per heavy atom. The van der Waals surface area contributed by atoms with Crippen LogP contribution in [0.25, 0.3) is 0 Å². The van der Waals surface area contributed by atoms with E-state index in [0.717, 1.165) is 0 Å². The van der Waals surface area contributed by atoms with Gasteiger partial charge < -0.3 is 21.5 Å². The normalized spacial score (nSPS) is 12.5. The lowest BCUT2D eigenvalue weighted by Gasteiger charge is -2.14. The SMILES string of the molecule is NC(=O)CCC(NC(=O)NCCCCC(F)(F)F)C(=O)O. The molecule has 0 heterocycles. The molecule has 0 aliphatic rings. The molecule has 0 spiro atoms. The van der Waals surface area contributed by atoms with Crippen LogP contribution in [0.15, 0.2) is 0 Å². The number of nitrogens with one attached hydrogen (secondary N) is 2. The number of nitrogens with two attached hydrogens (primary N) is 1. The molecule has 10 heteroatoms. The van der Waals surface area contributed by atoms with Gasteiger partial charge in [-0.3, -0.25) is 4.79 Å². The van der Waals surface area contributed by atoms with Crippen LogP contribution in [0.1, 0.15) is 32.1 Å². The Hall–Kier alpha value is -2.00. The van der Waals surface area contributed by atoms with Crippen molar-refractivity contribution in [3.8, 4) is 0 Å². The highest BCUT2D eigenvalue weighted by atomic mass is 19.4. The number of primary amides is 1. The van der Waals surface area contributed by atoms with Gasteiger partial charge in [-0.15, -0.1) is 0 Å². The second-order valence-corrected chi connectivity index (χ2v) is 4.37. The molecule has 21 heavy (non-hydrogen) atoms. The summed E-state index contributed by atoms with van der Waals surface area (Å²) in [7, 11) is 0. The Morgan fingerprint density at radius 2 is 1.81 bits per heavy atom. The Bertz CT molecular complexity index is 374. The third-order valence-electron chi connectivity index (χ3n) is 2.46. The largest absolute Gasteiger partial charge is 0.480 e. The Kier molecular flexibility index (Phi) is 8.17. The molecule has 1 unspecified atom stereocenters. The maximum Gasteiger partial charge on any atom is 0.389 e. The molecule has 3 amide bonds. The molecular weight excluding hydrogens is 295 g/mol. The van der Waals surface area contributed by atoms with Gasteiger partial charge in [0.25, 0.3) is 0 Å². The zero-order valence-electron chi connectivity index (χ0n) is 11.2. The van der Waals surface area contributed by atoms with Gasteiger partial charge in [0.15, 0.2) is 0 Å². The van der Waals surface area contributed by atoms with E-state index in [1.165, 1.54) is 0 Å². The zero-order chi connectivity index (χ0) is 16.5. The third kappa shape index (κ3) is 11.5. The van der Waals surface area contributed by atoms with E-state index in [0.29, 0.717) is 0 Å². The minimum absolute atomic E-state index is 0.00985. The first-order valence-corrected chi connectivity index (χ1v) is 6.24. The van der Waals surface area contributed by atoms with Gasteiger partial charge in [0.1, 0.15) is 6.04 Å². The van der Waals surface area contributed by atoms with Crippen molar-refractivity contribution in [2.45, 2.75) is 44.3 Å². The van der Waals surface area contributed by atoms with Crippen LogP contribution in [0.2, 0.25) is 0 Å². The second-order valence-electron chi connectivity index (χ2n) is 4.37. The third-order valence-corrected chi connectivity index (χ3v) is 2.46. The smallest absolute Gasteiger partial charge is 0.389 e. The standard InChI is InChI=1S/C11H18F3N3O4/c12-11(13,14)5-1-2-6-16-10(21)17-7(9(19)20)3-4-8(15)18/h7H,1-6H2,(H2,15,18)(H,19,20)(H2,16,17,21). The number of amides is 3. The van der Waals surface area contributed by atoms with E-state index in [-0.39, 0.29) is 32.2 Å². The first-order valence-electron chi connectivity index (χ1n) is 6.24. The molecule has 0 aliphatic heterocycles. The summed E-state index contributed by atoms with van der Waals surface area (Å²) in [6.45, 7) is -0.00985. The molecule has 0 aromatic carbocycles. The maximum atomic E-state index is 11.8. The van der Waals surface area contributed by atoms with Gasteiger partial charge >= 0.3 is 18.2 Å². The lowest BCUT2D eigenvalue weighted by atomic mass is 10.1. The van der Waals surface area contributed by atoms with Crippen LogP contribution >= 0.6 is 0 Å². The van der Waals surface area contributed by atoms with Crippen molar-refractivity contribution in [1.82, 2.24) is 10.6 Å². The molecule has 0 aromatic rings. The van der Waals surface area contributed by atoms with Gasteiger partial charge in [-0.05, 0) is 19.3 Å². The van der Waals surface area contributed by atoms with Crippen molar-refractivity contribution in [3.05, 3.63) is 0 Å². The highest BCUT2D eigenvalue weighted by molar-refractivity contribution is 5.83. The lowest BCUT2D eigenvalue weighted by molar-refractivity contribution is -0.139. The van der Waals surface area contributed by atoms with Crippen LogP contribution in [0.5, 0.6) is 0 Å². The summed E-state index contributed by atoms with van der Waals surface area (Å²) in [5, 5.41) is 13.2. The molecule has 0 radical (unpaired) electrons. The van der Waals surface area contributed by atoms with Gasteiger partial charge in [0.05, 0.1) is 0 Å². The van der Waals surface area contributed by atoms with Gasteiger partial charge in [0.2, 0.25) is 5.91 Å². The van der Waals surface area contributed by atoms with Crippen molar-refractivity contribution in [1.29, 1.82) is 0 Å². The minimum Gasteiger partial charge on any atom is -0.480 e. The lowest BCUT2D eigenvalue weighted by Crippen LogP contribution is -2.46. The van der Waals surface area contributed by atoms with Crippen LogP contribution in [0.3, 0.4) is 0 Å². The number of carbonyl (C=O) groups is 3. The molecule has 0 saturated carbocycles. The summed E-state index contributed by atoms with van der Waals surface area (Å²) in [5.74, 6) is -2.03. The number of unbranched alkanes of at least 4 members (excludes halogenated alkanes) is 1. The fraction of sp³-hybridized carbons (Fsp3) is 0.727. The van der Waals surface area contributed by atoms with Gasteiger partial charge in [0, 0.05) is 19.4 Å². The highest BCUT2D eigenvalue weighted by Crippen LogP contribution is 2.21. The van der Waals surface area contributed by atoms with E-state index in [4.69, 9.17) is 10.8 Å². The van der Waals surface area contributed by atoms with Crippen molar-refractivity contribution in [3.63, 3.8) is 0 Å². The summed E-state index contributed by atoms with van der Waals surface area (Å²) in [5.41, 5.74) is 4.87. The molecule has 0 saturated heterocycles. The molecule has 7 nitrogen and oxygen atoms in total. The van der Waals surface area contributed by atoms with E-state index < -0.39 is 36.5 Å². The van der Waals surface area contributed by atoms with Gasteiger partial charge in [-0.25, -0.2) is 9.59 Å². The number of hydrogen-bond acceptors (Lipinski definition) is 3. The molecular formula is C11H18F3N3O4. The fourth-order valence-corrected chi connectivity index (χ4v) is 1.41. The number of carboxylic acid groups (broad SMARTS) is 1. The van der Waals surface area contributed by atoms with Crippen molar-refractivity contribution in [2.75, 3.05) is 6.54 Å². The van der Waals surface area contributed by atoms with E-state index in [2.05, 4.69) is 10.6 Å². The number of hydrogen-bond donors (Lipinski definition) is 4. The number of rotatable bonds is 9. The second kappa shape index (κ2) is 9.03. The van der Waals surface area contributed by atoms with Crippen molar-refractivity contribution < 1.29 is 32.7 Å². The quantitative estimate of drug-likeness (QED) is 0.469. The number of carbonyl (C=O) groups excluding carboxylic acids is 2. The number of urea groups is 1. The molecule has 0 rings (SSSR count). The van der Waals surface area contributed by atoms with Crippen molar-refractivity contribution >= 4 is 17.9 Å². The van der Waals surface area contributed by atoms with E-state index in [1.807, 2.05) is 0 Å². The van der Waals surface area contributed by atoms with Gasteiger partial charge in [-0.1, -0.05) is 0 Å². The van der Waals surface area contributed by atoms with E-state index in [9.17, 15) is 27.6 Å². The topological polar surface area (TPSA) is 122 Å². The summed E-state index contributed by atoms with van der Waals surface area (Å²) >= 11 is 0. The predicted molar refractivity (Wildman–Crippen MR) is 66.3 cm³/mol. The van der Waals surface area contributed by atoms with Crippen LogP contribution in [0, 0.1) is 0 Å². The average molecular weight is 313 g/mol. The molecule has 0 bridgehead atoms. The Labute approximate surface area is 119 Å². The number of halogens is 3. The summed E-state index contributed by atoms with van der Waals surface area (Å²) < 4.78 is 35.5. The summed E-state index contributed by atoms with van der Waals surface area (Å²) in [6, 6.07) is -2.11. The maximum absolute atomic E-state index is 11.8. The summed E-state index contributed by atoms with van der Waals surface area (Å²) in [6.07, 6.45) is -5.55. The average Bonchev–Trinajstić information content (AvgIpc) is 2.31. The first kappa shape index (κ1) is 19.0. The van der Waals surface area contributed by atoms with Crippen LogP contribution in [-0.2, 0) is 9.59 Å². The van der Waals surface area contributed by atoms with Crippen LogP contribution in [0.4, 0.5) is 18.0 Å². The van der Waals surface area contributed by atoms with Gasteiger partial charge in [-0.2, -0.15) is 13.2 Å². The predicted octanol–water partition coefficient (Wildman–Crippen LogP) is 0.737. The van der Waals surface area contributed by atoms with Crippen molar-refractivity contribution in [2.24, 2.45) is 5.73 Å².